The van der Waals surface area contributed by atoms with Gasteiger partial charge in [-0.1, -0.05) is 27.2 Å². The van der Waals surface area contributed by atoms with Gasteiger partial charge in [-0.15, -0.1) is 0 Å². The Morgan fingerprint density at radius 1 is 1.31 bits per heavy atom. The van der Waals surface area contributed by atoms with Crippen molar-refractivity contribution in [2.24, 2.45) is 11.3 Å². The van der Waals surface area contributed by atoms with Gasteiger partial charge in [-0.25, -0.2) is 0 Å². The Morgan fingerprint density at radius 2 is 2.06 bits per heavy atom. The third-order valence-corrected chi connectivity index (χ3v) is 4.48. The van der Waals surface area contributed by atoms with Gasteiger partial charge in [0, 0.05) is 19.1 Å². The van der Waals surface area contributed by atoms with Crippen LogP contribution in [0.3, 0.4) is 0 Å². The summed E-state index contributed by atoms with van der Waals surface area (Å²) in [7, 11) is 0. The van der Waals surface area contributed by atoms with Crippen LogP contribution in [0.25, 0.3) is 0 Å². The van der Waals surface area contributed by atoms with Crippen molar-refractivity contribution in [3.63, 3.8) is 0 Å². The second kappa shape index (κ2) is 5.05. The summed E-state index contributed by atoms with van der Waals surface area (Å²) in [5.74, 6) is 0.759. The summed E-state index contributed by atoms with van der Waals surface area (Å²) in [4.78, 5) is 2.71. The number of hydrogen-bond donors (Lipinski definition) is 1. The molecule has 1 heterocycles. The maximum Gasteiger partial charge on any atom is 0.0217 e. The average Bonchev–Trinajstić information content (AvgIpc) is 2.41. The minimum atomic E-state index is 0.645. The summed E-state index contributed by atoms with van der Waals surface area (Å²) in [5, 5.41) is 3.69. The van der Waals surface area contributed by atoms with Crippen molar-refractivity contribution in [1.82, 2.24) is 10.2 Å². The van der Waals surface area contributed by atoms with E-state index in [4.69, 9.17) is 0 Å². The molecule has 0 amide bonds. The molecule has 1 aliphatic carbocycles. The first-order valence-electron chi connectivity index (χ1n) is 7.05. The van der Waals surface area contributed by atoms with E-state index in [0.717, 1.165) is 5.92 Å². The molecular weight excluding hydrogens is 196 g/mol. The summed E-state index contributed by atoms with van der Waals surface area (Å²) in [5.41, 5.74) is 0.645. The van der Waals surface area contributed by atoms with Crippen molar-refractivity contribution in [3.05, 3.63) is 0 Å². The second-order valence-corrected chi connectivity index (χ2v) is 6.56. The molecule has 94 valence electrons. The van der Waals surface area contributed by atoms with E-state index in [1.54, 1.807) is 0 Å². The van der Waals surface area contributed by atoms with Crippen molar-refractivity contribution in [2.75, 3.05) is 26.2 Å². The Labute approximate surface area is 101 Å². The minimum Gasteiger partial charge on any atom is -0.312 e. The van der Waals surface area contributed by atoms with E-state index in [1.807, 2.05) is 0 Å². The molecule has 0 spiro atoms. The van der Waals surface area contributed by atoms with Crippen LogP contribution in [0.5, 0.6) is 0 Å². The summed E-state index contributed by atoms with van der Waals surface area (Å²) in [6.45, 7) is 12.2. The number of nitrogens with zero attached hydrogens (tertiary/aromatic N) is 1. The molecule has 1 saturated carbocycles. The molecule has 2 nitrogen and oxygen atoms in total. The molecule has 1 saturated heterocycles. The molecule has 0 radical (unpaired) electrons. The lowest BCUT2D eigenvalue weighted by molar-refractivity contribution is 0.0815. The molecule has 1 N–H and O–H groups in total. The van der Waals surface area contributed by atoms with E-state index < -0.39 is 0 Å². The van der Waals surface area contributed by atoms with Crippen LogP contribution in [0.1, 0.15) is 46.5 Å². The van der Waals surface area contributed by atoms with Crippen LogP contribution in [0, 0.1) is 11.3 Å². The van der Waals surface area contributed by atoms with Gasteiger partial charge in [-0.2, -0.15) is 0 Å². The molecule has 0 aromatic rings. The first-order valence-corrected chi connectivity index (χ1v) is 7.05. The Morgan fingerprint density at radius 3 is 2.62 bits per heavy atom. The molecule has 1 aliphatic heterocycles. The number of hydrogen-bond acceptors (Lipinski definition) is 2. The highest BCUT2D eigenvalue weighted by Crippen LogP contribution is 2.41. The monoisotopic (exact) mass is 224 g/mol. The normalized spacial score (nSPS) is 31.1. The van der Waals surface area contributed by atoms with Crippen molar-refractivity contribution in [2.45, 2.75) is 52.5 Å². The fraction of sp³-hybridized carbons (Fsp3) is 1.00. The van der Waals surface area contributed by atoms with Crippen molar-refractivity contribution < 1.29 is 0 Å². The molecular formula is C14H28N2. The fourth-order valence-electron chi connectivity index (χ4n) is 3.09. The average molecular weight is 224 g/mol. The Kier molecular flexibility index (Phi) is 3.91. The van der Waals surface area contributed by atoms with Crippen LogP contribution in [0.2, 0.25) is 0 Å². The molecule has 0 aromatic heterocycles. The SMILES string of the molecule is CC(C)C1CN(CC2(C)CCC2)CCCN1. The lowest BCUT2D eigenvalue weighted by Gasteiger charge is -2.42. The first kappa shape index (κ1) is 12.4. The number of rotatable bonds is 3. The maximum atomic E-state index is 3.69. The van der Waals surface area contributed by atoms with Crippen LogP contribution in [-0.4, -0.2) is 37.1 Å². The summed E-state index contributed by atoms with van der Waals surface area (Å²) in [6, 6.07) is 0.700. The van der Waals surface area contributed by atoms with Crippen LogP contribution >= 0.6 is 0 Å². The zero-order valence-corrected chi connectivity index (χ0v) is 11.3. The van der Waals surface area contributed by atoms with Gasteiger partial charge in [0.2, 0.25) is 0 Å². The van der Waals surface area contributed by atoms with Crippen LogP contribution in [-0.2, 0) is 0 Å². The third kappa shape index (κ3) is 2.98. The highest BCUT2D eigenvalue weighted by Gasteiger charge is 2.34. The zero-order valence-electron chi connectivity index (χ0n) is 11.3. The lowest BCUT2D eigenvalue weighted by atomic mass is 9.70. The van der Waals surface area contributed by atoms with Crippen LogP contribution < -0.4 is 5.32 Å². The molecule has 2 fully saturated rings. The third-order valence-electron chi connectivity index (χ3n) is 4.48. The lowest BCUT2D eigenvalue weighted by Crippen LogP contribution is -2.46. The van der Waals surface area contributed by atoms with Crippen LogP contribution in [0.15, 0.2) is 0 Å². The van der Waals surface area contributed by atoms with Gasteiger partial charge in [0.15, 0.2) is 0 Å². The number of nitrogens with one attached hydrogen (secondary N) is 1. The fourth-order valence-corrected chi connectivity index (χ4v) is 3.09. The summed E-state index contributed by atoms with van der Waals surface area (Å²) in [6.07, 6.45) is 5.67. The van der Waals surface area contributed by atoms with Gasteiger partial charge >= 0.3 is 0 Å². The largest absolute Gasteiger partial charge is 0.312 e. The van der Waals surface area contributed by atoms with Gasteiger partial charge in [-0.05, 0) is 43.7 Å². The van der Waals surface area contributed by atoms with E-state index >= 15 is 0 Å². The molecule has 0 aromatic carbocycles. The van der Waals surface area contributed by atoms with Gasteiger partial charge in [-0.3, -0.25) is 0 Å². The maximum absolute atomic E-state index is 3.69. The minimum absolute atomic E-state index is 0.645. The Bertz CT molecular complexity index is 221. The zero-order chi connectivity index (χ0) is 11.6. The Hall–Kier alpha value is -0.0800. The van der Waals surface area contributed by atoms with Gasteiger partial charge in [0.25, 0.3) is 0 Å². The highest BCUT2D eigenvalue weighted by atomic mass is 15.2. The van der Waals surface area contributed by atoms with E-state index in [0.29, 0.717) is 11.5 Å². The topological polar surface area (TPSA) is 15.3 Å². The predicted molar refractivity (Wildman–Crippen MR) is 69.6 cm³/mol. The second-order valence-electron chi connectivity index (χ2n) is 6.56. The molecule has 2 aliphatic rings. The van der Waals surface area contributed by atoms with Crippen LogP contribution in [0.4, 0.5) is 0 Å². The standard InChI is InChI=1S/C14H28N2/c1-12(2)13-10-16(9-5-8-15-13)11-14(3)6-4-7-14/h12-13,15H,4-11H2,1-3H3. The molecule has 2 heteroatoms. The van der Waals surface area contributed by atoms with Gasteiger partial charge < -0.3 is 10.2 Å². The van der Waals surface area contributed by atoms with E-state index in [2.05, 4.69) is 31.0 Å². The molecule has 16 heavy (non-hydrogen) atoms. The predicted octanol–water partition coefficient (Wildman–Crippen LogP) is 2.50. The van der Waals surface area contributed by atoms with E-state index in [-0.39, 0.29) is 0 Å². The smallest absolute Gasteiger partial charge is 0.0217 e. The van der Waals surface area contributed by atoms with Crippen molar-refractivity contribution >= 4 is 0 Å². The highest BCUT2D eigenvalue weighted by molar-refractivity contribution is 4.88. The first-order chi connectivity index (χ1) is 7.59. The van der Waals surface area contributed by atoms with Crippen molar-refractivity contribution in [3.8, 4) is 0 Å². The van der Waals surface area contributed by atoms with E-state index in [9.17, 15) is 0 Å². The van der Waals surface area contributed by atoms with Gasteiger partial charge in [0.05, 0.1) is 0 Å². The van der Waals surface area contributed by atoms with E-state index in [1.165, 1.54) is 51.9 Å². The molecule has 0 bridgehead atoms. The summed E-state index contributed by atoms with van der Waals surface area (Å²) < 4.78 is 0. The molecule has 2 rings (SSSR count). The van der Waals surface area contributed by atoms with Gasteiger partial charge in [0.1, 0.15) is 0 Å². The molecule has 1 atom stereocenters. The summed E-state index contributed by atoms with van der Waals surface area (Å²) >= 11 is 0. The molecule has 1 unspecified atom stereocenters. The quantitative estimate of drug-likeness (QED) is 0.792. The van der Waals surface area contributed by atoms with Crippen molar-refractivity contribution in [1.29, 1.82) is 0 Å². The Balaban J connectivity index is 1.87.